The monoisotopic (exact) mass is 589 g/mol. The van der Waals surface area contributed by atoms with Crippen molar-refractivity contribution in [1.82, 2.24) is 4.98 Å². The van der Waals surface area contributed by atoms with Crippen LogP contribution < -0.4 is 0 Å². The fourth-order valence-corrected chi connectivity index (χ4v) is 7.03. The lowest BCUT2D eigenvalue weighted by Gasteiger charge is -2.53. The van der Waals surface area contributed by atoms with Gasteiger partial charge in [0.2, 0.25) is 0 Å². The zero-order chi connectivity index (χ0) is 30.5. The van der Waals surface area contributed by atoms with E-state index in [1.54, 1.807) is 0 Å². The third-order valence-electron chi connectivity index (χ3n) is 8.99. The molecule has 0 saturated carbocycles. The van der Waals surface area contributed by atoms with Gasteiger partial charge in [0.25, 0.3) is 0 Å². The second-order valence-electron chi connectivity index (χ2n) is 14.3. The van der Waals surface area contributed by atoms with E-state index in [9.17, 15) is 18.3 Å². The Morgan fingerprint density at radius 3 is 2.24 bits per heavy atom. The summed E-state index contributed by atoms with van der Waals surface area (Å²) in [6, 6.07) is 4.84. The second kappa shape index (κ2) is 11.2. The number of halogens is 3. The number of nitrogens with zero attached hydrogens (tertiary/aromatic N) is 1. The number of aromatic nitrogens is 1. The van der Waals surface area contributed by atoms with Gasteiger partial charge in [0.1, 0.15) is 6.10 Å². The van der Waals surface area contributed by atoms with Crippen LogP contribution in [-0.2, 0) is 21.8 Å². The minimum Gasteiger partial charge on any atom is -0.559 e. The van der Waals surface area contributed by atoms with Crippen LogP contribution >= 0.6 is 0 Å². The van der Waals surface area contributed by atoms with Crippen molar-refractivity contribution in [2.75, 3.05) is 13.2 Å². The summed E-state index contributed by atoms with van der Waals surface area (Å²) < 4.78 is 52.8. The van der Waals surface area contributed by atoms with E-state index in [4.69, 9.17) is 14.1 Å². The van der Waals surface area contributed by atoms with E-state index in [2.05, 4.69) is 67.6 Å². The summed E-state index contributed by atoms with van der Waals surface area (Å²) >= 11 is 0. The predicted molar refractivity (Wildman–Crippen MR) is 160 cm³/mol. The standard InChI is InChI=1S/C33H46F3NO3Si/c1-20(2)29-28(30(38)22-10-12-23(13-11-22)33(34,35)36)26(21-14-16-39-17-15-21)27-24(37-29)18-32(6,7)19-25(27)40-41(8,9)31(3,4)5/h10-14,20,25,30,38H,15-19H2,1-9H3/q-1/t25-,30+/m0/s1. The number of pyridine rings is 1. The summed E-state index contributed by atoms with van der Waals surface area (Å²) in [4.78, 5) is 5.25. The second-order valence-corrected chi connectivity index (χ2v) is 19.0. The van der Waals surface area contributed by atoms with Crippen molar-refractivity contribution < 1.29 is 27.4 Å². The number of hydrogen-bond acceptors (Lipinski definition) is 4. The van der Waals surface area contributed by atoms with Crippen LogP contribution in [-0.4, -0.2) is 31.6 Å². The Morgan fingerprint density at radius 2 is 1.73 bits per heavy atom. The minimum absolute atomic E-state index is 0.000732. The maximum Gasteiger partial charge on any atom is 0.416 e. The Balaban J connectivity index is 2.01. The molecule has 4 rings (SSSR count). The third kappa shape index (κ3) is 6.66. The van der Waals surface area contributed by atoms with Crippen molar-refractivity contribution in [2.45, 2.75) is 110 Å². The van der Waals surface area contributed by atoms with E-state index in [-0.39, 0.29) is 22.5 Å². The van der Waals surface area contributed by atoms with Gasteiger partial charge in [0.15, 0.2) is 0 Å². The Kier molecular flexibility index (Phi) is 8.76. The van der Waals surface area contributed by atoms with Gasteiger partial charge in [0, 0.05) is 28.6 Å². The number of alkyl halides is 3. The van der Waals surface area contributed by atoms with Gasteiger partial charge in [0.05, 0.1) is 18.8 Å². The first-order valence-corrected chi connectivity index (χ1v) is 17.6. The third-order valence-corrected chi connectivity index (χ3v) is 13.5. The van der Waals surface area contributed by atoms with Crippen LogP contribution in [0, 0.1) is 5.41 Å². The van der Waals surface area contributed by atoms with Crippen molar-refractivity contribution >= 4 is 13.9 Å². The molecule has 227 valence electrons. The summed E-state index contributed by atoms with van der Waals surface area (Å²) in [5.74, 6) is -0.0108. The lowest BCUT2D eigenvalue weighted by atomic mass is 9.71. The predicted octanol–water partition coefficient (Wildman–Crippen LogP) is 9.14. The first kappa shape index (κ1) is 31.9. The Hall–Kier alpha value is -2.00. The van der Waals surface area contributed by atoms with Crippen LogP contribution in [0.1, 0.15) is 119 Å². The van der Waals surface area contributed by atoms with Gasteiger partial charge in [-0.05, 0) is 67.7 Å². The molecule has 1 N–H and O–H groups in total. The summed E-state index contributed by atoms with van der Waals surface area (Å²) in [7, 11) is -2.20. The molecule has 0 amide bonds. The number of aliphatic hydroxyl groups excluding tert-OH is 1. The Morgan fingerprint density at radius 1 is 1.10 bits per heavy atom. The number of benzene rings is 1. The van der Waals surface area contributed by atoms with E-state index in [1.807, 2.05) is 0 Å². The van der Waals surface area contributed by atoms with Gasteiger partial charge in [-0.1, -0.05) is 66.7 Å². The van der Waals surface area contributed by atoms with Crippen LogP contribution in [0.2, 0.25) is 18.1 Å². The van der Waals surface area contributed by atoms with Gasteiger partial charge < -0.3 is 14.3 Å². The van der Waals surface area contributed by atoms with Crippen LogP contribution in [0.15, 0.2) is 30.3 Å². The van der Waals surface area contributed by atoms with Crippen molar-refractivity contribution in [2.24, 2.45) is 5.41 Å². The number of ether oxygens (including phenoxy) is 1. The van der Waals surface area contributed by atoms with Crippen molar-refractivity contribution in [3.63, 3.8) is 0 Å². The Bertz CT molecular complexity index is 1290. The van der Waals surface area contributed by atoms with Crippen LogP contribution in [0.4, 0.5) is 13.2 Å². The van der Waals surface area contributed by atoms with E-state index >= 15 is 0 Å². The molecule has 0 radical (unpaired) electrons. The molecule has 1 aliphatic carbocycles. The van der Waals surface area contributed by atoms with Crippen molar-refractivity contribution in [3.05, 3.63) is 69.5 Å². The molecule has 1 aliphatic heterocycles. The van der Waals surface area contributed by atoms with Gasteiger partial charge in [-0.25, -0.2) is 0 Å². The average molecular weight is 590 g/mol. The highest BCUT2D eigenvalue weighted by atomic mass is 28.4. The maximum absolute atomic E-state index is 13.3. The smallest absolute Gasteiger partial charge is 0.416 e. The van der Waals surface area contributed by atoms with E-state index in [0.717, 1.165) is 53.1 Å². The molecule has 1 aromatic carbocycles. The van der Waals surface area contributed by atoms with Crippen LogP contribution in [0.3, 0.4) is 0 Å². The fraction of sp³-hybridized carbons (Fsp3) is 0.606. The SMILES string of the molecule is CC(C)c1nc2c(c(C3=CCOCC3)c1[C@H](O)c1ccc(C(F)(F)F)cc1)[C@@H](O[Si-](C)(C)C(C)(C)C)CC(C)(C)C2. The highest BCUT2D eigenvalue weighted by molar-refractivity contribution is 6.74. The maximum atomic E-state index is 13.3. The van der Waals surface area contributed by atoms with Gasteiger partial charge in [-0.2, -0.15) is 13.2 Å². The average Bonchev–Trinajstić information content (AvgIpc) is 2.85. The van der Waals surface area contributed by atoms with Crippen LogP contribution in [0.25, 0.3) is 5.57 Å². The van der Waals surface area contributed by atoms with E-state index < -0.39 is 26.2 Å². The zero-order valence-corrected chi connectivity index (χ0v) is 27.0. The van der Waals surface area contributed by atoms with Crippen molar-refractivity contribution in [3.8, 4) is 0 Å². The molecule has 0 saturated heterocycles. The number of hydrogen-bond donors (Lipinski definition) is 1. The molecule has 0 fully saturated rings. The van der Waals surface area contributed by atoms with E-state index in [0.29, 0.717) is 30.8 Å². The minimum atomic E-state index is -4.45. The molecule has 0 unspecified atom stereocenters. The number of rotatable bonds is 6. The summed E-state index contributed by atoms with van der Waals surface area (Å²) in [5.41, 5.74) is 5.17. The first-order valence-electron chi connectivity index (χ1n) is 14.7. The van der Waals surface area contributed by atoms with Gasteiger partial charge in [-0.3, -0.25) is 4.98 Å². The lowest BCUT2D eigenvalue weighted by Crippen LogP contribution is -2.44. The summed E-state index contributed by atoms with van der Waals surface area (Å²) in [6.45, 7) is 20.9. The lowest BCUT2D eigenvalue weighted by molar-refractivity contribution is -0.137. The fourth-order valence-electron chi connectivity index (χ4n) is 5.77. The molecule has 4 nitrogen and oxygen atoms in total. The van der Waals surface area contributed by atoms with Gasteiger partial charge in [-0.15, -0.1) is 18.1 Å². The zero-order valence-electron chi connectivity index (χ0n) is 26.0. The summed E-state index contributed by atoms with van der Waals surface area (Å²) in [5, 5.41) is 12.0. The van der Waals surface area contributed by atoms with E-state index in [1.165, 1.54) is 12.1 Å². The highest BCUT2D eigenvalue weighted by Gasteiger charge is 2.41. The number of fused-ring (bicyclic) bond motifs is 1. The topological polar surface area (TPSA) is 51.6 Å². The molecule has 2 atom stereocenters. The quantitative estimate of drug-likeness (QED) is 0.341. The molecule has 2 aromatic rings. The molecule has 8 heteroatoms. The van der Waals surface area contributed by atoms with Gasteiger partial charge >= 0.3 is 6.18 Å². The Labute approximate surface area is 244 Å². The molecule has 41 heavy (non-hydrogen) atoms. The van der Waals surface area contributed by atoms with Crippen molar-refractivity contribution in [1.29, 1.82) is 0 Å². The number of aliphatic hydroxyl groups is 1. The molecule has 0 bridgehead atoms. The van der Waals surface area contributed by atoms with Crippen LogP contribution in [0.5, 0.6) is 0 Å². The molecular formula is C33H46F3NO3Si-. The molecule has 1 aromatic heterocycles. The molecule has 2 aliphatic rings. The molecule has 0 spiro atoms. The normalized spacial score (nSPS) is 20.5. The largest absolute Gasteiger partial charge is 0.559 e. The molecular weight excluding hydrogens is 543 g/mol. The molecule has 2 heterocycles. The first-order chi connectivity index (χ1) is 18.8. The highest BCUT2D eigenvalue weighted by Crippen LogP contribution is 2.51. The summed E-state index contributed by atoms with van der Waals surface area (Å²) in [6.07, 6.45) is -1.43.